The van der Waals surface area contributed by atoms with Gasteiger partial charge in [-0.3, -0.25) is 4.79 Å². The van der Waals surface area contributed by atoms with Crippen molar-refractivity contribution < 1.29 is 9.50 Å². The Morgan fingerprint density at radius 3 is 2.44 bits per heavy atom. The molecule has 3 atom stereocenters. The average Bonchev–Trinajstić information content (AvgIpc) is 2.78. The number of aromatic amines is 1. The number of hydrogen-bond acceptors (Lipinski definition) is 6. The molecule has 34 heavy (non-hydrogen) atoms. The van der Waals surface area contributed by atoms with Crippen molar-refractivity contribution >= 4 is 5.82 Å². The number of phenolic OH excluding ortho intramolecular Hbond substituents is 1. The Hall–Kier alpha value is -3.26. The smallest absolute Gasteiger partial charge is 0.248 e. The summed E-state index contributed by atoms with van der Waals surface area (Å²) in [6.07, 6.45) is 7.13. The number of nitrogens with zero attached hydrogens (tertiary/aromatic N) is 3. The molecule has 0 amide bonds. The Bertz CT molecular complexity index is 1260. The van der Waals surface area contributed by atoms with E-state index in [2.05, 4.69) is 46.3 Å². The van der Waals surface area contributed by atoms with Gasteiger partial charge < -0.3 is 20.3 Å². The Kier molecular flexibility index (Phi) is 5.43. The minimum Gasteiger partial charge on any atom is -0.507 e. The van der Waals surface area contributed by atoms with E-state index < -0.39 is 5.82 Å². The van der Waals surface area contributed by atoms with Crippen LogP contribution in [0.15, 0.2) is 47.4 Å². The standard InChI is InChI=1S/C26H30FN5O2/c1-25-8-4-9-26(2,31-25)15-17(14-25)32(3)23-6-5-21(29-30-23)19-12-20(27)18(13-22(19)33)16-7-10-28-24(34)11-16/h5-7,10-13,17,31,33H,4,8-9,14-15H2,1-3H3,(H,28,34)/t17-,25+,26-. The first-order valence-corrected chi connectivity index (χ1v) is 11.7. The molecular formula is C26H30FN5O2. The summed E-state index contributed by atoms with van der Waals surface area (Å²) in [6, 6.07) is 9.39. The number of hydrogen-bond donors (Lipinski definition) is 3. The van der Waals surface area contributed by atoms with Crippen LogP contribution in [0.1, 0.15) is 46.0 Å². The molecule has 0 radical (unpaired) electrons. The van der Waals surface area contributed by atoms with Gasteiger partial charge in [0, 0.05) is 47.6 Å². The van der Waals surface area contributed by atoms with Crippen molar-refractivity contribution in [1.82, 2.24) is 20.5 Å². The highest BCUT2D eigenvalue weighted by molar-refractivity contribution is 5.74. The van der Waals surface area contributed by atoms with Gasteiger partial charge in [-0.05, 0) is 81.8 Å². The second kappa shape index (κ2) is 8.20. The van der Waals surface area contributed by atoms with Crippen LogP contribution in [0.2, 0.25) is 0 Å². The number of nitrogens with one attached hydrogen (secondary N) is 2. The quantitative estimate of drug-likeness (QED) is 0.536. The summed E-state index contributed by atoms with van der Waals surface area (Å²) in [7, 11) is 2.05. The maximum absolute atomic E-state index is 14.9. The van der Waals surface area contributed by atoms with Gasteiger partial charge in [0.1, 0.15) is 11.6 Å². The number of aromatic nitrogens is 3. The predicted molar refractivity (Wildman–Crippen MR) is 130 cm³/mol. The molecule has 178 valence electrons. The Morgan fingerprint density at radius 2 is 1.79 bits per heavy atom. The van der Waals surface area contributed by atoms with E-state index in [0.29, 0.717) is 17.3 Å². The van der Waals surface area contributed by atoms with Crippen LogP contribution in [0.5, 0.6) is 5.75 Å². The summed E-state index contributed by atoms with van der Waals surface area (Å²) < 4.78 is 14.9. The molecule has 5 rings (SSSR count). The van der Waals surface area contributed by atoms with E-state index in [1.807, 2.05) is 6.07 Å². The van der Waals surface area contributed by atoms with Crippen LogP contribution in [0, 0.1) is 5.82 Å². The summed E-state index contributed by atoms with van der Waals surface area (Å²) in [5.74, 6) is 0.0734. The normalized spacial score (nSPS) is 26.3. The second-order valence-electron chi connectivity index (χ2n) is 10.3. The highest BCUT2D eigenvalue weighted by Gasteiger charge is 2.46. The summed E-state index contributed by atoms with van der Waals surface area (Å²) in [5, 5.41) is 23.2. The molecule has 3 N–H and O–H groups in total. The van der Waals surface area contributed by atoms with Gasteiger partial charge in [0.2, 0.25) is 5.56 Å². The van der Waals surface area contributed by atoms with Crippen LogP contribution in [0.3, 0.4) is 0 Å². The van der Waals surface area contributed by atoms with Crippen molar-refractivity contribution in [3.8, 4) is 28.1 Å². The van der Waals surface area contributed by atoms with E-state index in [1.54, 1.807) is 12.1 Å². The van der Waals surface area contributed by atoms with Gasteiger partial charge in [-0.25, -0.2) is 4.39 Å². The SMILES string of the molecule is CN(c1ccc(-c2cc(F)c(-c3cc[nH]c(=O)c3)cc2O)nn1)[C@@H]1C[C@]2(C)CCC[C@](C)(C1)N2. The number of rotatable bonds is 4. The number of anilines is 1. The summed E-state index contributed by atoms with van der Waals surface area (Å²) in [4.78, 5) is 16.3. The number of fused-ring (bicyclic) bond motifs is 2. The summed E-state index contributed by atoms with van der Waals surface area (Å²) in [6.45, 7) is 4.62. The third-order valence-corrected chi connectivity index (χ3v) is 7.44. The Morgan fingerprint density at radius 1 is 1.06 bits per heavy atom. The lowest BCUT2D eigenvalue weighted by atomic mass is 9.69. The van der Waals surface area contributed by atoms with E-state index in [-0.39, 0.29) is 33.5 Å². The summed E-state index contributed by atoms with van der Waals surface area (Å²) >= 11 is 0. The van der Waals surface area contributed by atoms with Crippen molar-refractivity contribution in [2.24, 2.45) is 0 Å². The fourth-order valence-electron chi connectivity index (χ4n) is 5.86. The topological polar surface area (TPSA) is 94.1 Å². The zero-order chi connectivity index (χ0) is 24.1. The highest BCUT2D eigenvalue weighted by atomic mass is 19.1. The van der Waals surface area contributed by atoms with Gasteiger partial charge in [0.15, 0.2) is 5.82 Å². The lowest BCUT2D eigenvalue weighted by Gasteiger charge is -2.55. The highest BCUT2D eigenvalue weighted by Crippen LogP contribution is 2.42. The summed E-state index contributed by atoms with van der Waals surface area (Å²) in [5.41, 5.74) is 1.09. The molecule has 2 aliphatic heterocycles. The molecule has 2 saturated heterocycles. The molecule has 0 spiro atoms. The van der Waals surface area contributed by atoms with Gasteiger partial charge in [-0.15, -0.1) is 10.2 Å². The predicted octanol–water partition coefficient (Wildman–Crippen LogP) is 4.23. The van der Waals surface area contributed by atoms with Crippen molar-refractivity contribution in [3.05, 3.63) is 58.8 Å². The van der Waals surface area contributed by atoms with Crippen LogP contribution in [-0.2, 0) is 0 Å². The number of aromatic hydroxyl groups is 1. The van der Waals surface area contributed by atoms with E-state index >= 15 is 0 Å². The number of piperidine rings is 2. The van der Waals surface area contributed by atoms with Crippen LogP contribution in [0.25, 0.3) is 22.4 Å². The van der Waals surface area contributed by atoms with Crippen molar-refractivity contribution in [1.29, 1.82) is 0 Å². The molecule has 2 aliphatic rings. The largest absolute Gasteiger partial charge is 0.507 e. The third kappa shape index (κ3) is 4.18. The van der Waals surface area contributed by atoms with Gasteiger partial charge >= 0.3 is 0 Å². The fraction of sp³-hybridized carbons (Fsp3) is 0.423. The molecule has 0 aliphatic carbocycles. The Balaban J connectivity index is 1.39. The van der Waals surface area contributed by atoms with Gasteiger partial charge in [-0.1, -0.05) is 0 Å². The van der Waals surface area contributed by atoms with E-state index in [0.717, 1.165) is 18.7 Å². The first kappa shape index (κ1) is 22.5. The molecule has 3 aromatic rings. The van der Waals surface area contributed by atoms with Crippen molar-refractivity contribution in [2.75, 3.05) is 11.9 Å². The molecule has 1 aromatic carbocycles. The van der Waals surface area contributed by atoms with Crippen LogP contribution < -0.4 is 15.8 Å². The Labute approximate surface area is 198 Å². The first-order chi connectivity index (χ1) is 16.1. The zero-order valence-electron chi connectivity index (χ0n) is 19.7. The third-order valence-electron chi connectivity index (χ3n) is 7.44. The molecule has 0 saturated carbocycles. The van der Waals surface area contributed by atoms with Crippen molar-refractivity contribution in [3.63, 3.8) is 0 Å². The molecule has 8 heteroatoms. The molecule has 4 heterocycles. The van der Waals surface area contributed by atoms with Crippen molar-refractivity contribution in [2.45, 2.75) is 63.1 Å². The molecule has 7 nitrogen and oxygen atoms in total. The maximum Gasteiger partial charge on any atom is 0.248 e. The minimum atomic E-state index is -0.552. The number of pyridine rings is 1. The van der Waals surface area contributed by atoms with Gasteiger partial charge in [0.25, 0.3) is 0 Å². The van der Waals surface area contributed by atoms with E-state index in [4.69, 9.17) is 0 Å². The molecule has 2 aromatic heterocycles. The number of halogens is 1. The first-order valence-electron chi connectivity index (χ1n) is 11.7. The molecule has 2 bridgehead atoms. The van der Waals surface area contributed by atoms with Crippen LogP contribution in [0.4, 0.5) is 10.2 Å². The van der Waals surface area contributed by atoms with Crippen LogP contribution in [-0.4, -0.2) is 44.5 Å². The molecular weight excluding hydrogens is 433 g/mol. The molecule has 0 unspecified atom stereocenters. The minimum absolute atomic E-state index is 0.126. The number of phenols is 1. The lowest BCUT2D eigenvalue weighted by Crippen LogP contribution is -2.66. The van der Waals surface area contributed by atoms with E-state index in [9.17, 15) is 14.3 Å². The zero-order valence-corrected chi connectivity index (χ0v) is 19.7. The number of H-pyrrole nitrogens is 1. The monoisotopic (exact) mass is 463 g/mol. The van der Waals surface area contributed by atoms with E-state index in [1.165, 1.54) is 43.7 Å². The fourth-order valence-corrected chi connectivity index (χ4v) is 5.86. The van der Waals surface area contributed by atoms with Crippen LogP contribution >= 0.6 is 0 Å². The maximum atomic E-state index is 14.9. The van der Waals surface area contributed by atoms with Gasteiger partial charge in [-0.2, -0.15) is 0 Å². The molecule has 2 fully saturated rings. The lowest BCUT2D eigenvalue weighted by molar-refractivity contribution is 0.0784. The second-order valence-corrected chi connectivity index (χ2v) is 10.3. The number of benzene rings is 1. The van der Waals surface area contributed by atoms with Gasteiger partial charge in [0.05, 0.1) is 5.69 Å². The average molecular weight is 464 g/mol.